The van der Waals surface area contributed by atoms with Gasteiger partial charge >= 0.3 is 0 Å². The maximum absolute atomic E-state index is 13.1. The van der Waals surface area contributed by atoms with E-state index in [4.69, 9.17) is 4.74 Å². The van der Waals surface area contributed by atoms with Gasteiger partial charge in [-0.3, -0.25) is 9.59 Å². The highest BCUT2D eigenvalue weighted by Gasteiger charge is 2.46. The average molecular weight is 428 g/mol. The normalized spacial score (nSPS) is 17.6. The third kappa shape index (κ3) is 4.02. The summed E-state index contributed by atoms with van der Waals surface area (Å²) in [5.41, 5.74) is 3.36. The molecule has 32 heavy (non-hydrogen) atoms. The number of methoxy groups -OCH3 is 1. The van der Waals surface area contributed by atoms with Crippen molar-refractivity contribution < 1.29 is 19.4 Å². The minimum absolute atomic E-state index is 0.0865. The lowest BCUT2D eigenvalue weighted by Crippen LogP contribution is -2.29. The minimum Gasteiger partial charge on any atom is -0.507 e. The largest absolute Gasteiger partial charge is 0.507 e. The Morgan fingerprint density at radius 1 is 0.938 bits per heavy atom. The second-order valence-electron chi connectivity index (χ2n) is 7.74. The van der Waals surface area contributed by atoms with Crippen molar-refractivity contribution in [2.75, 3.05) is 7.11 Å². The molecule has 0 saturated carbocycles. The molecule has 3 aromatic carbocycles. The van der Waals surface area contributed by atoms with Gasteiger partial charge in [0.2, 0.25) is 0 Å². The first kappa shape index (κ1) is 21.4. The summed E-state index contributed by atoms with van der Waals surface area (Å²) in [6.07, 6.45) is 0.883. The number of aryl methyl sites for hydroxylation is 1. The van der Waals surface area contributed by atoms with E-state index in [1.165, 1.54) is 12.0 Å². The highest BCUT2D eigenvalue weighted by Crippen LogP contribution is 2.40. The molecule has 1 aliphatic rings. The first-order chi connectivity index (χ1) is 15.5. The zero-order valence-electron chi connectivity index (χ0n) is 18.1. The van der Waals surface area contributed by atoms with Crippen LogP contribution in [0.5, 0.6) is 5.75 Å². The molecular formula is C27H25NO4. The van der Waals surface area contributed by atoms with E-state index >= 15 is 0 Å². The summed E-state index contributed by atoms with van der Waals surface area (Å²) in [6, 6.07) is 23.5. The monoisotopic (exact) mass is 427 g/mol. The number of aliphatic hydroxyl groups excluding tert-OH is 1. The van der Waals surface area contributed by atoms with E-state index in [2.05, 4.69) is 6.92 Å². The number of rotatable bonds is 6. The molecule has 4 rings (SSSR count). The molecule has 1 unspecified atom stereocenters. The summed E-state index contributed by atoms with van der Waals surface area (Å²) in [6.45, 7) is 2.33. The average Bonchev–Trinajstić information content (AvgIpc) is 3.09. The number of carbonyl (C=O) groups excluding carboxylic acids is 2. The molecular weight excluding hydrogens is 402 g/mol. The number of carbonyl (C=O) groups is 2. The van der Waals surface area contributed by atoms with Crippen LogP contribution in [0.4, 0.5) is 0 Å². The molecule has 0 spiro atoms. The SMILES string of the molecule is CCc1ccc(C2/C(=C(\O)c3cccc(OC)c3)C(=O)C(=O)N2Cc2ccccc2)cc1. The van der Waals surface area contributed by atoms with E-state index in [1.54, 1.807) is 24.3 Å². The van der Waals surface area contributed by atoms with Crippen molar-refractivity contribution in [3.8, 4) is 5.75 Å². The van der Waals surface area contributed by atoms with Gasteiger partial charge in [-0.05, 0) is 35.2 Å². The van der Waals surface area contributed by atoms with Crippen LogP contribution < -0.4 is 4.74 Å². The smallest absolute Gasteiger partial charge is 0.295 e. The van der Waals surface area contributed by atoms with E-state index in [0.717, 1.165) is 23.1 Å². The van der Waals surface area contributed by atoms with Gasteiger partial charge in [-0.2, -0.15) is 0 Å². The van der Waals surface area contributed by atoms with Gasteiger partial charge in [0.1, 0.15) is 11.5 Å². The van der Waals surface area contributed by atoms with Crippen LogP contribution in [0.1, 0.15) is 35.2 Å². The van der Waals surface area contributed by atoms with Gasteiger partial charge in [0.25, 0.3) is 11.7 Å². The third-order valence-electron chi connectivity index (χ3n) is 5.78. The Labute approximate surface area is 187 Å². The maximum atomic E-state index is 13.1. The first-order valence-electron chi connectivity index (χ1n) is 10.6. The second-order valence-corrected chi connectivity index (χ2v) is 7.74. The summed E-state index contributed by atoms with van der Waals surface area (Å²) in [7, 11) is 1.53. The molecule has 1 fully saturated rings. The lowest BCUT2D eigenvalue weighted by molar-refractivity contribution is -0.140. The van der Waals surface area contributed by atoms with Crippen molar-refractivity contribution in [1.29, 1.82) is 0 Å². The van der Waals surface area contributed by atoms with Gasteiger partial charge in [-0.25, -0.2) is 0 Å². The van der Waals surface area contributed by atoms with Crippen LogP contribution in [-0.4, -0.2) is 28.8 Å². The zero-order valence-corrected chi connectivity index (χ0v) is 18.1. The highest BCUT2D eigenvalue weighted by atomic mass is 16.5. The molecule has 1 heterocycles. The van der Waals surface area contributed by atoms with Crippen molar-refractivity contribution in [1.82, 2.24) is 4.90 Å². The van der Waals surface area contributed by atoms with E-state index in [-0.39, 0.29) is 17.9 Å². The van der Waals surface area contributed by atoms with Gasteiger partial charge in [0, 0.05) is 12.1 Å². The van der Waals surface area contributed by atoms with Crippen molar-refractivity contribution >= 4 is 17.4 Å². The molecule has 0 radical (unpaired) electrons. The number of ether oxygens (including phenoxy) is 1. The van der Waals surface area contributed by atoms with Gasteiger partial charge < -0.3 is 14.7 Å². The number of nitrogens with zero attached hydrogens (tertiary/aromatic N) is 1. The first-order valence-corrected chi connectivity index (χ1v) is 10.6. The van der Waals surface area contributed by atoms with Gasteiger partial charge in [-0.1, -0.05) is 73.7 Å². The van der Waals surface area contributed by atoms with Gasteiger partial charge in [-0.15, -0.1) is 0 Å². The fourth-order valence-electron chi connectivity index (χ4n) is 4.03. The number of hydrogen-bond donors (Lipinski definition) is 1. The molecule has 5 nitrogen and oxygen atoms in total. The Bertz CT molecular complexity index is 1170. The third-order valence-corrected chi connectivity index (χ3v) is 5.78. The lowest BCUT2D eigenvalue weighted by atomic mass is 9.94. The summed E-state index contributed by atoms with van der Waals surface area (Å²) in [5.74, 6) is -0.965. The number of likely N-dealkylation sites (tertiary alicyclic amines) is 1. The molecule has 1 amide bonds. The minimum atomic E-state index is -0.689. The fourth-order valence-corrected chi connectivity index (χ4v) is 4.03. The molecule has 1 atom stereocenters. The van der Waals surface area contributed by atoms with E-state index in [9.17, 15) is 14.7 Å². The van der Waals surface area contributed by atoms with Crippen LogP contribution in [0.25, 0.3) is 5.76 Å². The van der Waals surface area contributed by atoms with Crippen LogP contribution in [0.15, 0.2) is 84.4 Å². The van der Waals surface area contributed by atoms with E-state index in [1.807, 2.05) is 54.6 Å². The van der Waals surface area contributed by atoms with Gasteiger partial charge in [0.05, 0.1) is 18.7 Å². The van der Waals surface area contributed by atoms with Crippen LogP contribution in [0.3, 0.4) is 0 Å². The Morgan fingerprint density at radius 2 is 1.66 bits per heavy atom. The molecule has 1 N–H and O–H groups in total. The van der Waals surface area contributed by atoms with Crippen molar-refractivity contribution in [3.05, 3.63) is 107 Å². The topological polar surface area (TPSA) is 66.8 Å². The Kier molecular flexibility index (Phi) is 6.08. The van der Waals surface area contributed by atoms with E-state index < -0.39 is 17.7 Å². The Balaban J connectivity index is 1.85. The highest BCUT2D eigenvalue weighted by molar-refractivity contribution is 6.46. The van der Waals surface area contributed by atoms with Crippen molar-refractivity contribution in [2.24, 2.45) is 0 Å². The Hall–Kier alpha value is -3.86. The van der Waals surface area contributed by atoms with Crippen LogP contribution in [0.2, 0.25) is 0 Å². The van der Waals surface area contributed by atoms with Crippen LogP contribution >= 0.6 is 0 Å². The van der Waals surface area contributed by atoms with Crippen molar-refractivity contribution in [2.45, 2.75) is 25.9 Å². The van der Waals surface area contributed by atoms with Crippen LogP contribution in [-0.2, 0) is 22.6 Å². The predicted molar refractivity (Wildman–Crippen MR) is 123 cm³/mol. The molecule has 1 saturated heterocycles. The number of amides is 1. The Morgan fingerprint density at radius 3 is 2.31 bits per heavy atom. The standard InChI is InChI=1S/C27H25NO4/c1-3-18-12-14-20(15-13-18)24-23(25(29)21-10-7-11-22(16-21)32-2)26(30)27(31)28(24)17-19-8-5-4-6-9-19/h4-16,24,29H,3,17H2,1-2H3/b25-23+. The number of ketones is 1. The number of Topliss-reactive ketones (excluding diaryl/α,β-unsaturated/α-hetero) is 1. The predicted octanol–water partition coefficient (Wildman–Crippen LogP) is 4.88. The zero-order chi connectivity index (χ0) is 22.7. The molecule has 0 bridgehead atoms. The summed E-state index contributed by atoms with van der Waals surface area (Å²) in [4.78, 5) is 27.8. The number of benzene rings is 3. The molecule has 5 heteroatoms. The van der Waals surface area contributed by atoms with Gasteiger partial charge in [0.15, 0.2) is 0 Å². The quantitative estimate of drug-likeness (QED) is 0.346. The molecule has 162 valence electrons. The summed E-state index contributed by atoms with van der Waals surface area (Å²) < 4.78 is 5.26. The second kappa shape index (κ2) is 9.10. The summed E-state index contributed by atoms with van der Waals surface area (Å²) in [5, 5.41) is 11.2. The number of aliphatic hydroxyl groups is 1. The molecule has 0 aromatic heterocycles. The fraction of sp³-hybridized carbons (Fsp3) is 0.185. The molecule has 0 aliphatic carbocycles. The van der Waals surface area contributed by atoms with Crippen molar-refractivity contribution in [3.63, 3.8) is 0 Å². The molecule has 1 aliphatic heterocycles. The lowest BCUT2D eigenvalue weighted by Gasteiger charge is -2.25. The number of hydrogen-bond acceptors (Lipinski definition) is 4. The van der Waals surface area contributed by atoms with Crippen LogP contribution in [0, 0.1) is 0 Å². The summed E-state index contributed by atoms with van der Waals surface area (Å²) >= 11 is 0. The molecule has 3 aromatic rings. The maximum Gasteiger partial charge on any atom is 0.295 e. The van der Waals surface area contributed by atoms with E-state index in [0.29, 0.717) is 11.3 Å².